The van der Waals surface area contributed by atoms with Crippen LogP contribution in [-0.2, 0) is 19.6 Å². The normalized spacial score (nSPS) is 16.7. The number of hydrogen-bond donors (Lipinski definition) is 0. The predicted octanol–water partition coefficient (Wildman–Crippen LogP) is 2.14. The number of hydrogen-bond acceptors (Lipinski definition) is 4. The molecule has 0 saturated carbocycles. The molecule has 0 N–H and O–H groups in total. The first-order valence-electron chi connectivity index (χ1n) is 7.78. The van der Waals surface area contributed by atoms with Crippen molar-refractivity contribution in [3.05, 3.63) is 29.3 Å². The highest BCUT2D eigenvalue weighted by atomic mass is 35.5. The van der Waals surface area contributed by atoms with Crippen molar-refractivity contribution in [3.8, 4) is 0 Å². The summed E-state index contributed by atoms with van der Waals surface area (Å²) in [5.41, 5.74) is 0. The lowest BCUT2D eigenvalue weighted by molar-refractivity contribution is -0.175. The summed E-state index contributed by atoms with van der Waals surface area (Å²) in [5.74, 6) is -0.373. The molecular weight excluding hydrogens is 397 g/mol. The van der Waals surface area contributed by atoms with E-state index in [9.17, 15) is 26.4 Å². The van der Waals surface area contributed by atoms with Crippen molar-refractivity contribution >= 4 is 27.5 Å². The van der Waals surface area contributed by atoms with Crippen molar-refractivity contribution in [3.63, 3.8) is 0 Å². The summed E-state index contributed by atoms with van der Waals surface area (Å²) >= 11 is 5.95. The summed E-state index contributed by atoms with van der Waals surface area (Å²) in [5, 5.41) is 0.118. The van der Waals surface area contributed by atoms with E-state index in [1.54, 1.807) is 12.1 Å². The van der Waals surface area contributed by atoms with Crippen molar-refractivity contribution in [2.45, 2.75) is 17.5 Å². The highest BCUT2D eigenvalue weighted by Gasteiger charge is 2.31. The number of alkyl halides is 3. The molecule has 0 aromatic heterocycles. The maximum Gasteiger partial charge on any atom is 0.411 e. The second kappa shape index (κ2) is 8.55. The number of nitrogens with zero attached hydrogens (tertiary/aromatic N) is 2. The van der Waals surface area contributed by atoms with Gasteiger partial charge in [0.25, 0.3) is 0 Å². The van der Waals surface area contributed by atoms with Crippen molar-refractivity contribution in [1.82, 2.24) is 9.21 Å². The summed E-state index contributed by atoms with van der Waals surface area (Å²) in [6.45, 7) is -1.25. The number of carbonyl (C=O) groups excluding carboxylic acids is 1. The minimum Gasteiger partial charge on any atom is -0.372 e. The number of ether oxygens (including phenoxy) is 1. The fourth-order valence-corrected chi connectivity index (χ4v) is 4.39. The molecule has 1 heterocycles. The third kappa shape index (κ3) is 5.57. The van der Waals surface area contributed by atoms with Gasteiger partial charge >= 0.3 is 6.18 Å². The SMILES string of the molecule is O=C(CCOCC(F)(F)F)N1CCN(S(=O)(=O)c2ccccc2Cl)CC1. The number of piperazine rings is 1. The van der Waals surface area contributed by atoms with Gasteiger partial charge in [0.15, 0.2) is 0 Å². The van der Waals surface area contributed by atoms with E-state index in [1.165, 1.54) is 21.3 Å². The average molecular weight is 415 g/mol. The molecule has 1 fully saturated rings. The van der Waals surface area contributed by atoms with E-state index in [0.717, 1.165) is 0 Å². The zero-order valence-corrected chi connectivity index (χ0v) is 15.3. The van der Waals surface area contributed by atoms with Crippen LogP contribution in [0.4, 0.5) is 13.2 Å². The molecule has 1 aliphatic heterocycles. The zero-order chi connectivity index (χ0) is 19.4. The van der Waals surface area contributed by atoms with E-state index in [0.29, 0.717) is 0 Å². The van der Waals surface area contributed by atoms with E-state index in [4.69, 9.17) is 11.6 Å². The third-order valence-electron chi connectivity index (χ3n) is 3.77. The van der Waals surface area contributed by atoms with Crippen LogP contribution >= 0.6 is 11.6 Å². The predicted molar refractivity (Wildman–Crippen MR) is 88.3 cm³/mol. The fourth-order valence-electron chi connectivity index (χ4n) is 2.48. The van der Waals surface area contributed by atoms with Crippen molar-refractivity contribution < 1.29 is 31.1 Å². The van der Waals surface area contributed by atoms with Crippen LogP contribution in [0.2, 0.25) is 5.02 Å². The van der Waals surface area contributed by atoms with Crippen LogP contribution in [0.1, 0.15) is 6.42 Å². The van der Waals surface area contributed by atoms with Gasteiger partial charge in [-0.1, -0.05) is 23.7 Å². The van der Waals surface area contributed by atoms with Crippen LogP contribution in [0.5, 0.6) is 0 Å². The van der Waals surface area contributed by atoms with Gasteiger partial charge in [0, 0.05) is 26.2 Å². The van der Waals surface area contributed by atoms with Gasteiger partial charge in [-0.3, -0.25) is 4.79 Å². The molecule has 1 aliphatic rings. The van der Waals surface area contributed by atoms with Crippen molar-refractivity contribution in [1.29, 1.82) is 0 Å². The van der Waals surface area contributed by atoms with Crippen LogP contribution in [-0.4, -0.2) is 69.1 Å². The van der Waals surface area contributed by atoms with Gasteiger partial charge in [-0.05, 0) is 12.1 Å². The second-order valence-electron chi connectivity index (χ2n) is 5.63. The van der Waals surface area contributed by atoms with E-state index in [-0.39, 0.29) is 55.0 Å². The lowest BCUT2D eigenvalue weighted by atomic mass is 10.3. The Morgan fingerprint density at radius 3 is 2.35 bits per heavy atom. The first-order valence-corrected chi connectivity index (χ1v) is 9.60. The van der Waals surface area contributed by atoms with Crippen LogP contribution in [0.15, 0.2) is 29.2 Å². The molecule has 0 radical (unpaired) electrons. The minimum atomic E-state index is -4.43. The number of rotatable bonds is 6. The number of carbonyl (C=O) groups is 1. The quantitative estimate of drug-likeness (QED) is 0.669. The molecule has 26 heavy (non-hydrogen) atoms. The molecular formula is C15H18ClF3N2O4S. The van der Waals surface area contributed by atoms with Crippen LogP contribution in [0, 0.1) is 0 Å². The Morgan fingerprint density at radius 1 is 1.15 bits per heavy atom. The zero-order valence-electron chi connectivity index (χ0n) is 13.7. The maximum absolute atomic E-state index is 12.6. The Balaban J connectivity index is 1.85. The van der Waals surface area contributed by atoms with E-state index < -0.39 is 22.8 Å². The molecule has 1 saturated heterocycles. The molecule has 0 atom stereocenters. The molecule has 1 aromatic rings. The molecule has 0 bridgehead atoms. The Hall–Kier alpha value is -1.36. The second-order valence-corrected chi connectivity index (χ2v) is 7.95. The number of amides is 1. The summed E-state index contributed by atoms with van der Waals surface area (Å²) in [4.78, 5) is 13.4. The smallest absolute Gasteiger partial charge is 0.372 e. The van der Waals surface area contributed by atoms with Crippen LogP contribution in [0.3, 0.4) is 0 Å². The van der Waals surface area contributed by atoms with Gasteiger partial charge in [0.1, 0.15) is 11.5 Å². The number of benzene rings is 1. The van der Waals surface area contributed by atoms with Crippen molar-refractivity contribution in [2.24, 2.45) is 0 Å². The number of sulfonamides is 1. The molecule has 0 spiro atoms. The van der Waals surface area contributed by atoms with Crippen LogP contribution in [0.25, 0.3) is 0 Å². The molecule has 1 aromatic carbocycles. The van der Waals surface area contributed by atoms with E-state index in [2.05, 4.69) is 4.74 Å². The monoisotopic (exact) mass is 414 g/mol. The maximum atomic E-state index is 12.6. The average Bonchev–Trinajstić information content (AvgIpc) is 2.58. The first kappa shape index (κ1) is 20.9. The lowest BCUT2D eigenvalue weighted by Gasteiger charge is -2.34. The summed E-state index contributed by atoms with van der Waals surface area (Å²) in [6, 6.07) is 6.08. The summed E-state index contributed by atoms with van der Waals surface area (Å²) < 4.78 is 66.7. The highest BCUT2D eigenvalue weighted by molar-refractivity contribution is 7.89. The molecule has 0 aliphatic carbocycles. The Kier molecular flexibility index (Phi) is 6.89. The molecule has 0 unspecified atom stereocenters. The van der Waals surface area contributed by atoms with Gasteiger partial charge in [0.05, 0.1) is 18.1 Å². The summed E-state index contributed by atoms with van der Waals surface area (Å²) in [6.07, 6.45) is -4.62. The molecule has 6 nitrogen and oxygen atoms in total. The molecule has 11 heteroatoms. The fraction of sp³-hybridized carbons (Fsp3) is 0.533. The van der Waals surface area contributed by atoms with E-state index >= 15 is 0 Å². The van der Waals surface area contributed by atoms with Gasteiger partial charge in [-0.2, -0.15) is 17.5 Å². The number of halogens is 4. The third-order valence-corrected chi connectivity index (χ3v) is 6.17. The van der Waals surface area contributed by atoms with Gasteiger partial charge in [-0.25, -0.2) is 8.42 Å². The van der Waals surface area contributed by atoms with Gasteiger partial charge < -0.3 is 9.64 Å². The molecule has 2 rings (SSSR count). The summed E-state index contributed by atoms with van der Waals surface area (Å²) in [7, 11) is -3.77. The largest absolute Gasteiger partial charge is 0.411 e. The Morgan fingerprint density at radius 2 is 1.77 bits per heavy atom. The lowest BCUT2D eigenvalue weighted by Crippen LogP contribution is -2.50. The topological polar surface area (TPSA) is 66.9 Å². The Labute approximate surface area is 154 Å². The minimum absolute atomic E-state index is 0.00185. The van der Waals surface area contributed by atoms with Crippen molar-refractivity contribution in [2.75, 3.05) is 39.4 Å². The molecule has 1 amide bonds. The highest BCUT2D eigenvalue weighted by Crippen LogP contribution is 2.25. The van der Waals surface area contributed by atoms with Gasteiger partial charge in [-0.15, -0.1) is 0 Å². The van der Waals surface area contributed by atoms with Gasteiger partial charge in [0.2, 0.25) is 15.9 Å². The van der Waals surface area contributed by atoms with Crippen LogP contribution < -0.4 is 0 Å². The van der Waals surface area contributed by atoms with E-state index in [1.807, 2.05) is 0 Å². The Bertz CT molecular complexity index is 735. The first-order chi connectivity index (χ1) is 12.1. The molecule has 146 valence electrons. The standard InChI is InChI=1S/C15H18ClF3N2O4S/c16-12-3-1-2-4-13(12)26(23,24)21-8-6-20(7-9-21)14(22)5-10-25-11-15(17,18)19/h1-4H,5-11H2.